The fraction of sp³-hybridized carbons (Fsp3) is 0.182. The van der Waals surface area contributed by atoms with E-state index in [0.29, 0.717) is 11.7 Å². The van der Waals surface area contributed by atoms with Crippen molar-refractivity contribution >= 4 is 17.6 Å². The van der Waals surface area contributed by atoms with Gasteiger partial charge in [-0.2, -0.15) is 0 Å². The molecular weight excluding hydrogens is 220 g/mol. The molecule has 0 aliphatic rings. The average molecular weight is 232 g/mol. The van der Waals surface area contributed by atoms with Gasteiger partial charge in [0.05, 0.1) is 5.69 Å². The molecule has 0 atom stereocenters. The Balaban J connectivity index is 2.20. The molecule has 2 heterocycles. The number of amides is 1. The van der Waals surface area contributed by atoms with Crippen molar-refractivity contribution < 1.29 is 9.32 Å². The van der Waals surface area contributed by atoms with Gasteiger partial charge in [0.2, 0.25) is 5.88 Å². The Morgan fingerprint density at radius 2 is 2.18 bits per heavy atom. The topological polar surface area (TPSA) is 94.0 Å². The van der Waals surface area contributed by atoms with E-state index in [4.69, 9.17) is 10.3 Å². The van der Waals surface area contributed by atoms with Gasteiger partial charge in [0.1, 0.15) is 11.5 Å². The lowest BCUT2D eigenvalue weighted by Gasteiger charge is -2.02. The van der Waals surface area contributed by atoms with E-state index in [9.17, 15) is 4.79 Å². The highest BCUT2D eigenvalue weighted by Gasteiger charge is 2.14. The molecule has 0 bridgehead atoms. The first-order chi connectivity index (χ1) is 8.08. The monoisotopic (exact) mass is 232 g/mol. The predicted octanol–water partition coefficient (Wildman–Crippen LogP) is 1.52. The SMILES string of the molecule is Cc1noc(NC(=O)c2cccc(N)n2)c1C. The molecule has 3 N–H and O–H groups in total. The number of nitrogens with one attached hydrogen (secondary N) is 1. The van der Waals surface area contributed by atoms with Crippen LogP contribution in [0.2, 0.25) is 0 Å². The lowest BCUT2D eigenvalue weighted by Crippen LogP contribution is -2.14. The van der Waals surface area contributed by atoms with Crippen molar-refractivity contribution in [3.05, 3.63) is 35.2 Å². The number of hydrogen-bond acceptors (Lipinski definition) is 5. The Kier molecular flexibility index (Phi) is 2.78. The van der Waals surface area contributed by atoms with Gasteiger partial charge in [-0.3, -0.25) is 10.1 Å². The van der Waals surface area contributed by atoms with Crippen LogP contribution in [0.5, 0.6) is 0 Å². The number of rotatable bonds is 2. The molecule has 0 aliphatic carbocycles. The number of anilines is 2. The lowest BCUT2D eigenvalue weighted by atomic mass is 10.2. The van der Waals surface area contributed by atoms with Gasteiger partial charge in [0.15, 0.2) is 0 Å². The molecule has 6 heteroatoms. The second-order valence-corrected chi connectivity index (χ2v) is 3.62. The molecule has 0 unspecified atom stereocenters. The largest absolute Gasteiger partial charge is 0.384 e. The molecule has 0 spiro atoms. The van der Waals surface area contributed by atoms with Crippen molar-refractivity contribution in [2.45, 2.75) is 13.8 Å². The summed E-state index contributed by atoms with van der Waals surface area (Å²) in [4.78, 5) is 15.7. The fourth-order valence-corrected chi connectivity index (χ4v) is 1.28. The van der Waals surface area contributed by atoms with E-state index in [0.717, 1.165) is 11.3 Å². The minimum atomic E-state index is -0.378. The smallest absolute Gasteiger partial charge is 0.276 e. The van der Waals surface area contributed by atoms with E-state index < -0.39 is 0 Å². The molecule has 2 rings (SSSR count). The Hall–Kier alpha value is -2.37. The third-order valence-corrected chi connectivity index (χ3v) is 2.39. The standard InChI is InChI=1S/C11H12N4O2/c1-6-7(2)15-17-11(6)14-10(16)8-4-3-5-9(12)13-8/h3-5H,1-2H3,(H2,12,13)(H,14,16). The van der Waals surface area contributed by atoms with Crippen LogP contribution in [0.4, 0.5) is 11.7 Å². The van der Waals surface area contributed by atoms with Crippen LogP contribution >= 0.6 is 0 Å². The summed E-state index contributed by atoms with van der Waals surface area (Å²) in [5.41, 5.74) is 7.26. The van der Waals surface area contributed by atoms with Crippen LogP contribution in [0.15, 0.2) is 22.7 Å². The van der Waals surface area contributed by atoms with Gasteiger partial charge < -0.3 is 10.3 Å². The third-order valence-electron chi connectivity index (χ3n) is 2.39. The molecule has 0 saturated heterocycles. The zero-order valence-electron chi connectivity index (χ0n) is 9.52. The quantitative estimate of drug-likeness (QED) is 0.818. The number of nitrogen functional groups attached to an aromatic ring is 1. The molecule has 0 saturated carbocycles. The molecular formula is C11H12N4O2. The van der Waals surface area contributed by atoms with Gasteiger partial charge >= 0.3 is 0 Å². The number of carbonyl (C=O) groups is 1. The van der Waals surface area contributed by atoms with Crippen molar-refractivity contribution in [2.75, 3.05) is 11.1 Å². The van der Waals surface area contributed by atoms with Crippen LogP contribution in [-0.2, 0) is 0 Å². The summed E-state index contributed by atoms with van der Waals surface area (Å²) in [6, 6.07) is 4.85. The summed E-state index contributed by atoms with van der Waals surface area (Å²) >= 11 is 0. The summed E-state index contributed by atoms with van der Waals surface area (Å²) < 4.78 is 4.98. The maximum absolute atomic E-state index is 11.8. The molecule has 0 aliphatic heterocycles. The van der Waals surface area contributed by atoms with E-state index in [-0.39, 0.29) is 11.6 Å². The van der Waals surface area contributed by atoms with Crippen molar-refractivity contribution in [2.24, 2.45) is 0 Å². The summed E-state index contributed by atoms with van der Waals surface area (Å²) in [5, 5.41) is 6.33. The molecule has 6 nitrogen and oxygen atoms in total. The second-order valence-electron chi connectivity index (χ2n) is 3.62. The van der Waals surface area contributed by atoms with Crippen molar-refractivity contribution in [3.8, 4) is 0 Å². The number of hydrogen-bond donors (Lipinski definition) is 2. The van der Waals surface area contributed by atoms with Crippen molar-refractivity contribution in [3.63, 3.8) is 0 Å². The van der Waals surface area contributed by atoms with E-state index in [1.165, 1.54) is 0 Å². The molecule has 0 fully saturated rings. The van der Waals surface area contributed by atoms with Crippen molar-refractivity contribution in [1.82, 2.24) is 10.1 Å². The first kappa shape index (κ1) is 11.1. The van der Waals surface area contributed by atoms with Gasteiger partial charge in [-0.15, -0.1) is 0 Å². The fourth-order valence-electron chi connectivity index (χ4n) is 1.28. The lowest BCUT2D eigenvalue weighted by molar-refractivity contribution is 0.101. The maximum Gasteiger partial charge on any atom is 0.276 e. The van der Waals surface area contributed by atoms with Gasteiger partial charge in [-0.1, -0.05) is 11.2 Å². The highest BCUT2D eigenvalue weighted by molar-refractivity contribution is 6.02. The minimum absolute atomic E-state index is 0.235. The molecule has 0 aromatic carbocycles. The Morgan fingerprint density at radius 3 is 2.76 bits per heavy atom. The highest BCUT2D eigenvalue weighted by Crippen LogP contribution is 2.18. The van der Waals surface area contributed by atoms with Crippen LogP contribution in [-0.4, -0.2) is 16.0 Å². The van der Waals surface area contributed by atoms with Crippen LogP contribution in [0.3, 0.4) is 0 Å². The van der Waals surface area contributed by atoms with E-state index in [1.807, 2.05) is 6.92 Å². The van der Waals surface area contributed by atoms with Gasteiger partial charge in [-0.25, -0.2) is 4.98 Å². The Bertz CT molecular complexity index is 562. The maximum atomic E-state index is 11.8. The highest BCUT2D eigenvalue weighted by atomic mass is 16.5. The summed E-state index contributed by atoms with van der Waals surface area (Å²) in [7, 11) is 0. The van der Waals surface area contributed by atoms with Crippen LogP contribution in [0.1, 0.15) is 21.7 Å². The van der Waals surface area contributed by atoms with Crippen LogP contribution in [0, 0.1) is 13.8 Å². The normalized spacial score (nSPS) is 10.2. The molecule has 17 heavy (non-hydrogen) atoms. The zero-order chi connectivity index (χ0) is 12.4. The number of aryl methyl sites for hydroxylation is 1. The number of carbonyl (C=O) groups excluding carboxylic acids is 1. The number of aromatic nitrogens is 2. The zero-order valence-corrected chi connectivity index (χ0v) is 9.52. The van der Waals surface area contributed by atoms with Gasteiger partial charge in [-0.05, 0) is 26.0 Å². The van der Waals surface area contributed by atoms with E-state index in [2.05, 4.69) is 15.5 Å². The first-order valence-electron chi connectivity index (χ1n) is 5.04. The second kappa shape index (κ2) is 4.25. The van der Waals surface area contributed by atoms with Crippen LogP contribution in [0.25, 0.3) is 0 Å². The summed E-state index contributed by atoms with van der Waals surface area (Å²) in [6.07, 6.45) is 0. The first-order valence-corrected chi connectivity index (χ1v) is 5.04. The Morgan fingerprint density at radius 1 is 1.41 bits per heavy atom. The van der Waals surface area contributed by atoms with E-state index >= 15 is 0 Å². The molecule has 1 amide bonds. The predicted molar refractivity (Wildman–Crippen MR) is 62.6 cm³/mol. The molecule has 2 aromatic heterocycles. The van der Waals surface area contributed by atoms with Crippen molar-refractivity contribution in [1.29, 1.82) is 0 Å². The third kappa shape index (κ3) is 2.25. The Labute approximate surface area is 97.8 Å². The van der Waals surface area contributed by atoms with Crippen LogP contribution < -0.4 is 11.1 Å². The molecule has 88 valence electrons. The minimum Gasteiger partial charge on any atom is -0.384 e. The summed E-state index contributed by atoms with van der Waals surface area (Å²) in [5.74, 6) is 0.247. The number of nitrogens with zero attached hydrogens (tertiary/aromatic N) is 2. The molecule has 0 radical (unpaired) electrons. The van der Waals surface area contributed by atoms with E-state index in [1.54, 1.807) is 25.1 Å². The molecule has 2 aromatic rings. The van der Waals surface area contributed by atoms with Gasteiger partial charge in [0.25, 0.3) is 5.91 Å². The average Bonchev–Trinajstić information content (AvgIpc) is 2.61. The number of pyridine rings is 1. The summed E-state index contributed by atoms with van der Waals surface area (Å²) in [6.45, 7) is 3.61. The van der Waals surface area contributed by atoms with Gasteiger partial charge in [0, 0.05) is 5.56 Å². The number of nitrogens with two attached hydrogens (primary N) is 1.